The maximum Gasteiger partial charge on any atom is 0.138 e. The van der Waals surface area contributed by atoms with Crippen LogP contribution in [0.5, 0.6) is 0 Å². The van der Waals surface area contributed by atoms with Crippen molar-refractivity contribution in [2.24, 2.45) is 5.92 Å². The molecular weight excluding hydrogens is 228 g/mol. The van der Waals surface area contributed by atoms with Gasteiger partial charge in [0.05, 0.1) is 11.7 Å². The van der Waals surface area contributed by atoms with Gasteiger partial charge in [-0.05, 0) is 32.6 Å². The molecule has 2 unspecified atom stereocenters. The lowest BCUT2D eigenvalue weighted by molar-refractivity contribution is -0.144. The Morgan fingerprint density at radius 2 is 2.11 bits per heavy atom. The number of rotatable bonds is 4. The normalized spacial score (nSPS) is 29.1. The molecule has 0 radical (unpaired) electrons. The van der Waals surface area contributed by atoms with Gasteiger partial charge in [0.15, 0.2) is 0 Å². The van der Waals surface area contributed by atoms with Crippen LogP contribution in [-0.4, -0.2) is 31.2 Å². The fourth-order valence-electron chi connectivity index (χ4n) is 3.38. The van der Waals surface area contributed by atoms with Crippen LogP contribution >= 0.6 is 0 Å². The number of ketones is 1. The predicted molar refractivity (Wildman–Crippen MR) is 70.6 cm³/mol. The second-order valence-electron chi connectivity index (χ2n) is 6.00. The minimum Gasteiger partial charge on any atom is -0.381 e. The van der Waals surface area contributed by atoms with Gasteiger partial charge >= 0.3 is 0 Å². The summed E-state index contributed by atoms with van der Waals surface area (Å²) in [6, 6.07) is 0. The molecule has 1 saturated heterocycles. The van der Waals surface area contributed by atoms with Gasteiger partial charge in [-0.25, -0.2) is 0 Å². The number of ether oxygens (including phenoxy) is 2. The smallest absolute Gasteiger partial charge is 0.138 e. The van der Waals surface area contributed by atoms with Crippen molar-refractivity contribution < 1.29 is 14.3 Å². The van der Waals surface area contributed by atoms with E-state index in [4.69, 9.17) is 9.47 Å². The number of hydrogen-bond donors (Lipinski definition) is 0. The lowest BCUT2D eigenvalue weighted by Gasteiger charge is -2.43. The Kier molecular flexibility index (Phi) is 4.79. The van der Waals surface area contributed by atoms with Gasteiger partial charge < -0.3 is 9.47 Å². The van der Waals surface area contributed by atoms with Gasteiger partial charge in [-0.1, -0.05) is 19.3 Å². The second kappa shape index (κ2) is 6.16. The Morgan fingerprint density at radius 3 is 2.78 bits per heavy atom. The zero-order valence-electron chi connectivity index (χ0n) is 11.7. The molecule has 104 valence electrons. The summed E-state index contributed by atoms with van der Waals surface area (Å²) in [5, 5.41) is 0. The number of carbonyl (C=O) groups excluding carboxylic acids is 1. The molecule has 3 heteroatoms. The summed E-state index contributed by atoms with van der Waals surface area (Å²) in [6.45, 7) is 2.73. The first kappa shape index (κ1) is 14.0. The third-order valence-electron chi connectivity index (χ3n) is 4.60. The monoisotopic (exact) mass is 254 g/mol. The molecule has 3 nitrogen and oxygen atoms in total. The van der Waals surface area contributed by atoms with Crippen molar-refractivity contribution >= 4 is 5.78 Å². The van der Waals surface area contributed by atoms with E-state index in [0.29, 0.717) is 12.2 Å². The van der Waals surface area contributed by atoms with Crippen LogP contribution in [-0.2, 0) is 14.3 Å². The molecule has 18 heavy (non-hydrogen) atoms. The molecule has 1 saturated carbocycles. The minimum absolute atomic E-state index is 0.0349. The van der Waals surface area contributed by atoms with E-state index in [1.54, 1.807) is 7.11 Å². The van der Waals surface area contributed by atoms with Crippen LogP contribution in [0.4, 0.5) is 0 Å². The van der Waals surface area contributed by atoms with Gasteiger partial charge in [0.1, 0.15) is 5.78 Å². The van der Waals surface area contributed by atoms with Crippen molar-refractivity contribution in [3.8, 4) is 0 Å². The van der Waals surface area contributed by atoms with Crippen LogP contribution in [0.15, 0.2) is 0 Å². The number of methoxy groups -OCH3 is 1. The van der Waals surface area contributed by atoms with Crippen molar-refractivity contribution in [2.75, 3.05) is 13.7 Å². The minimum atomic E-state index is 0.0349. The standard InChI is InChI=1S/C15H26O3/c1-12(17-2)10-14(16)13-6-9-18-15(11-13)7-4-3-5-8-15/h12-13H,3-11H2,1-2H3. The quantitative estimate of drug-likeness (QED) is 0.773. The van der Waals surface area contributed by atoms with Gasteiger partial charge in [0, 0.05) is 26.1 Å². The molecule has 1 spiro atoms. The molecule has 1 heterocycles. The lowest BCUT2D eigenvalue weighted by Crippen LogP contribution is -2.43. The van der Waals surface area contributed by atoms with E-state index >= 15 is 0 Å². The number of Topliss-reactive ketones (excluding diaryl/α,β-unsaturated/α-hetero) is 1. The first-order valence-electron chi connectivity index (χ1n) is 7.35. The van der Waals surface area contributed by atoms with Gasteiger partial charge in [-0.2, -0.15) is 0 Å². The average Bonchev–Trinajstić information content (AvgIpc) is 2.39. The first-order chi connectivity index (χ1) is 8.65. The molecule has 0 amide bonds. The molecule has 2 aliphatic rings. The van der Waals surface area contributed by atoms with Crippen LogP contribution in [0.2, 0.25) is 0 Å². The highest BCUT2D eigenvalue weighted by Gasteiger charge is 2.40. The summed E-state index contributed by atoms with van der Waals surface area (Å²) < 4.78 is 11.2. The molecule has 1 aliphatic carbocycles. The summed E-state index contributed by atoms with van der Waals surface area (Å²) in [5.41, 5.74) is 0.0349. The van der Waals surface area contributed by atoms with E-state index in [1.807, 2.05) is 6.92 Å². The fraction of sp³-hybridized carbons (Fsp3) is 0.933. The number of hydrogen-bond acceptors (Lipinski definition) is 3. The topological polar surface area (TPSA) is 35.5 Å². The highest BCUT2D eigenvalue weighted by atomic mass is 16.5. The van der Waals surface area contributed by atoms with E-state index in [1.165, 1.54) is 19.3 Å². The van der Waals surface area contributed by atoms with Crippen molar-refractivity contribution in [3.63, 3.8) is 0 Å². The molecule has 0 bridgehead atoms. The Hall–Kier alpha value is -0.410. The molecule has 2 atom stereocenters. The average molecular weight is 254 g/mol. The third kappa shape index (κ3) is 3.33. The van der Waals surface area contributed by atoms with Crippen LogP contribution in [0.3, 0.4) is 0 Å². The van der Waals surface area contributed by atoms with Crippen molar-refractivity contribution in [1.29, 1.82) is 0 Å². The molecule has 0 N–H and O–H groups in total. The van der Waals surface area contributed by atoms with Crippen molar-refractivity contribution in [3.05, 3.63) is 0 Å². The number of carbonyl (C=O) groups is 1. The van der Waals surface area contributed by atoms with Gasteiger partial charge in [-0.3, -0.25) is 4.79 Å². The summed E-state index contributed by atoms with van der Waals surface area (Å²) >= 11 is 0. The predicted octanol–water partition coefficient (Wildman–Crippen LogP) is 3.11. The second-order valence-corrected chi connectivity index (χ2v) is 6.00. The molecule has 0 aromatic carbocycles. The zero-order chi connectivity index (χ0) is 13.0. The van der Waals surface area contributed by atoms with Crippen LogP contribution in [0, 0.1) is 5.92 Å². The van der Waals surface area contributed by atoms with Gasteiger partial charge in [0.2, 0.25) is 0 Å². The molecule has 0 aromatic rings. The Morgan fingerprint density at radius 1 is 1.39 bits per heavy atom. The lowest BCUT2D eigenvalue weighted by atomic mass is 9.74. The Bertz CT molecular complexity index is 276. The van der Waals surface area contributed by atoms with E-state index < -0.39 is 0 Å². The van der Waals surface area contributed by atoms with Crippen LogP contribution in [0.25, 0.3) is 0 Å². The molecule has 1 aliphatic heterocycles. The Labute approximate surface area is 110 Å². The Balaban J connectivity index is 1.91. The first-order valence-corrected chi connectivity index (χ1v) is 7.35. The summed E-state index contributed by atoms with van der Waals surface area (Å²) in [5.74, 6) is 0.576. The maximum absolute atomic E-state index is 12.3. The largest absolute Gasteiger partial charge is 0.381 e. The fourth-order valence-corrected chi connectivity index (χ4v) is 3.38. The SMILES string of the molecule is COC(C)CC(=O)C1CCOC2(CCCCC2)C1. The van der Waals surface area contributed by atoms with E-state index in [2.05, 4.69) is 0 Å². The molecular formula is C15H26O3. The van der Waals surface area contributed by atoms with E-state index in [-0.39, 0.29) is 17.6 Å². The maximum atomic E-state index is 12.3. The van der Waals surface area contributed by atoms with Crippen LogP contribution in [0.1, 0.15) is 58.3 Å². The molecule has 2 rings (SSSR count). The van der Waals surface area contributed by atoms with E-state index in [0.717, 1.165) is 32.3 Å². The van der Waals surface area contributed by atoms with Crippen molar-refractivity contribution in [1.82, 2.24) is 0 Å². The van der Waals surface area contributed by atoms with Gasteiger partial charge in [-0.15, -0.1) is 0 Å². The highest BCUT2D eigenvalue weighted by Crippen LogP contribution is 2.41. The van der Waals surface area contributed by atoms with Gasteiger partial charge in [0.25, 0.3) is 0 Å². The molecule has 2 fully saturated rings. The molecule has 0 aromatic heterocycles. The van der Waals surface area contributed by atoms with Crippen LogP contribution < -0.4 is 0 Å². The summed E-state index contributed by atoms with van der Waals surface area (Å²) in [6.07, 6.45) is 8.58. The highest BCUT2D eigenvalue weighted by molar-refractivity contribution is 5.81. The summed E-state index contributed by atoms with van der Waals surface area (Å²) in [7, 11) is 1.67. The van der Waals surface area contributed by atoms with Crippen molar-refractivity contribution in [2.45, 2.75) is 70.0 Å². The summed E-state index contributed by atoms with van der Waals surface area (Å²) in [4.78, 5) is 12.3. The third-order valence-corrected chi connectivity index (χ3v) is 4.60. The van der Waals surface area contributed by atoms with E-state index in [9.17, 15) is 4.79 Å². The zero-order valence-corrected chi connectivity index (χ0v) is 11.7.